The molecule has 0 amide bonds. The molecule has 0 aliphatic carbocycles. The van der Waals surface area contributed by atoms with Gasteiger partial charge in [0.15, 0.2) is 0 Å². The molecule has 1 N–H and O–H groups in total. The highest BCUT2D eigenvalue weighted by Crippen LogP contribution is 2.21. The van der Waals surface area contributed by atoms with E-state index in [0.717, 1.165) is 18.8 Å². The summed E-state index contributed by atoms with van der Waals surface area (Å²) >= 11 is 6.10. The van der Waals surface area contributed by atoms with Gasteiger partial charge < -0.3 is 9.88 Å². The second-order valence-electron chi connectivity index (χ2n) is 4.82. The predicted octanol–water partition coefficient (Wildman–Crippen LogP) is 2.98. The highest BCUT2D eigenvalue weighted by molar-refractivity contribution is 6.31. The summed E-state index contributed by atoms with van der Waals surface area (Å²) in [7, 11) is 1.96. The van der Waals surface area contributed by atoms with Crippen LogP contribution in [0.4, 0.5) is 4.39 Å². The van der Waals surface area contributed by atoms with Gasteiger partial charge in [-0.2, -0.15) is 0 Å². The summed E-state index contributed by atoms with van der Waals surface area (Å²) in [5.74, 6) is 0.726. The number of nitrogens with one attached hydrogen (secondary N) is 1. The van der Waals surface area contributed by atoms with E-state index in [0.29, 0.717) is 17.0 Å². The number of benzene rings is 1. The normalized spacial score (nSPS) is 12.6. The quantitative estimate of drug-likeness (QED) is 0.888. The smallest absolute Gasteiger partial charge is 0.127 e. The molecule has 0 bridgehead atoms. The van der Waals surface area contributed by atoms with Crippen molar-refractivity contribution in [2.24, 2.45) is 7.05 Å². The van der Waals surface area contributed by atoms with Gasteiger partial charge in [0.25, 0.3) is 0 Å². The van der Waals surface area contributed by atoms with E-state index in [2.05, 4.69) is 10.3 Å². The van der Waals surface area contributed by atoms with Crippen molar-refractivity contribution in [3.63, 3.8) is 0 Å². The number of aromatic nitrogens is 2. The van der Waals surface area contributed by atoms with Crippen LogP contribution in [0.5, 0.6) is 0 Å². The van der Waals surface area contributed by atoms with Gasteiger partial charge in [-0.3, -0.25) is 0 Å². The Morgan fingerprint density at radius 1 is 1.40 bits per heavy atom. The fourth-order valence-corrected chi connectivity index (χ4v) is 2.53. The number of aryl methyl sites for hydroxylation is 1. The third-order valence-electron chi connectivity index (χ3n) is 3.35. The summed E-state index contributed by atoms with van der Waals surface area (Å²) in [4.78, 5) is 4.32. The highest BCUT2D eigenvalue weighted by Gasteiger charge is 2.16. The largest absolute Gasteiger partial charge is 0.338 e. The molecule has 0 saturated heterocycles. The first-order valence-electron chi connectivity index (χ1n) is 6.74. The first-order chi connectivity index (χ1) is 9.61. The van der Waals surface area contributed by atoms with Gasteiger partial charge in [0.05, 0.1) is 0 Å². The molecule has 0 radical (unpaired) electrons. The molecule has 0 fully saturated rings. The van der Waals surface area contributed by atoms with Crippen LogP contribution in [0, 0.1) is 5.82 Å². The zero-order valence-electron chi connectivity index (χ0n) is 11.7. The lowest BCUT2D eigenvalue weighted by Gasteiger charge is -2.19. The summed E-state index contributed by atoms with van der Waals surface area (Å²) < 4.78 is 15.9. The minimum atomic E-state index is -0.250. The minimum absolute atomic E-state index is 0.107. The molecule has 1 atom stereocenters. The standard InChI is InChI=1S/C15H19ClFN3/c1-3-18-11(10-15-19-7-8-20(15)2)9-12-13(16)5-4-6-14(12)17/h4-8,11,18H,3,9-10H2,1-2H3. The predicted molar refractivity (Wildman–Crippen MR) is 79.5 cm³/mol. The molecule has 1 aromatic heterocycles. The molecule has 0 saturated carbocycles. The van der Waals surface area contributed by atoms with Gasteiger partial charge in [0.1, 0.15) is 11.6 Å². The van der Waals surface area contributed by atoms with E-state index in [1.807, 2.05) is 24.7 Å². The zero-order valence-corrected chi connectivity index (χ0v) is 12.5. The maximum Gasteiger partial charge on any atom is 0.127 e. The van der Waals surface area contributed by atoms with Crippen LogP contribution >= 0.6 is 11.6 Å². The van der Waals surface area contributed by atoms with Gasteiger partial charge in [-0.05, 0) is 25.1 Å². The molecular weight excluding hydrogens is 277 g/mol. The SMILES string of the molecule is CCNC(Cc1c(F)cccc1Cl)Cc1nccn1C. The summed E-state index contributed by atoms with van der Waals surface area (Å²) in [5.41, 5.74) is 0.564. The average molecular weight is 296 g/mol. The van der Waals surface area contributed by atoms with E-state index in [1.165, 1.54) is 6.07 Å². The van der Waals surface area contributed by atoms with E-state index >= 15 is 0 Å². The second kappa shape index (κ2) is 6.86. The van der Waals surface area contributed by atoms with Crippen LogP contribution in [0.2, 0.25) is 5.02 Å². The molecule has 0 aliphatic heterocycles. The molecule has 5 heteroatoms. The first-order valence-corrected chi connectivity index (χ1v) is 7.12. The molecule has 1 unspecified atom stereocenters. The van der Waals surface area contributed by atoms with Crippen LogP contribution < -0.4 is 5.32 Å². The zero-order chi connectivity index (χ0) is 14.5. The molecule has 2 rings (SSSR count). The van der Waals surface area contributed by atoms with Gasteiger partial charge in [-0.15, -0.1) is 0 Å². The molecule has 20 heavy (non-hydrogen) atoms. The van der Waals surface area contributed by atoms with Crippen molar-refractivity contribution in [1.82, 2.24) is 14.9 Å². The Labute approximate surface area is 123 Å². The van der Waals surface area contributed by atoms with Crippen molar-refractivity contribution in [1.29, 1.82) is 0 Å². The van der Waals surface area contributed by atoms with Gasteiger partial charge in [0, 0.05) is 42.5 Å². The highest BCUT2D eigenvalue weighted by atomic mass is 35.5. The van der Waals surface area contributed by atoms with E-state index < -0.39 is 0 Å². The summed E-state index contributed by atoms with van der Waals surface area (Å²) in [6.07, 6.45) is 4.97. The first kappa shape index (κ1) is 15.0. The average Bonchev–Trinajstić information content (AvgIpc) is 2.80. The number of halogens is 2. The maximum atomic E-state index is 13.9. The van der Waals surface area contributed by atoms with Crippen molar-refractivity contribution in [3.8, 4) is 0 Å². The summed E-state index contributed by atoms with van der Waals surface area (Å²) in [6.45, 7) is 2.86. The molecule has 0 spiro atoms. The maximum absolute atomic E-state index is 13.9. The lowest BCUT2D eigenvalue weighted by molar-refractivity contribution is 0.491. The number of rotatable bonds is 6. The van der Waals surface area contributed by atoms with Crippen LogP contribution in [-0.2, 0) is 19.9 Å². The van der Waals surface area contributed by atoms with Crippen molar-refractivity contribution < 1.29 is 4.39 Å². The van der Waals surface area contributed by atoms with Crippen LogP contribution in [0.25, 0.3) is 0 Å². The van der Waals surface area contributed by atoms with Gasteiger partial charge in [-0.25, -0.2) is 9.37 Å². The Morgan fingerprint density at radius 3 is 2.80 bits per heavy atom. The second-order valence-corrected chi connectivity index (χ2v) is 5.22. The van der Waals surface area contributed by atoms with Crippen LogP contribution in [0.1, 0.15) is 18.3 Å². The molecular formula is C15H19ClFN3. The number of hydrogen-bond acceptors (Lipinski definition) is 2. The Bertz CT molecular complexity index is 548. The van der Waals surface area contributed by atoms with Crippen molar-refractivity contribution in [2.45, 2.75) is 25.8 Å². The van der Waals surface area contributed by atoms with Crippen molar-refractivity contribution in [3.05, 3.63) is 52.8 Å². The molecule has 2 aromatic rings. The molecule has 108 valence electrons. The lowest BCUT2D eigenvalue weighted by Crippen LogP contribution is -2.34. The fourth-order valence-electron chi connectivity index (χ4n) is 2.29. The third kappa shape index (κ3) is 3.58. The Kier molecular flexibility index (Phi) is 5.15. The lowest BCUT2D eigenvalue weighted by atomic mass is 10.0. The van der Waals surface area contributed by atoms with Gasteiger partial charge >= 0.3 is 0 Å². The molecule has 1 heterocycles. The number of imidazole rings is 1. The number of nitrogens with zero attached hydrogens (tertiary/aromatic N) is 2. The van der Waals surface area contributed by atoms with E-state index in [4.69, 9.17) is 11.6 Å². The van der Waals surface area contributed by atoms with Crippen LogP contribution in [0.15, 0.2) is 30.6 Å². The third-order valence-corrected chi connectivity index (χ3v) is 3.71. The summed E-state index contributed by atoms with van der Waals surface area (Å²) in [5, 5.41) is 3.85. The number of likely N-dealkylation sites (N-methyl/N-ethyl adjacent to an activating group) is 1. The minimum Gasteiger partial charge on any atom is -0.338 e. The van der Waals surface area contributed by atoms with E-state index in [-0.39, 0.29) is 11.9 Å². The van der Waals surface area contributed by atoms with Crippen LogP contribution in [-0.4, -0.2) is 22.1 Å². The number of hydrogen-bond donors (Lipinski definition) is 1. The topological polar surface area (TPSA) is 29.9 Å². The monoisotopic (exact) mass is 295 g/mol. The molecule has 0 aliphatic rings. The van der Waals surface area contributed by atoms with E-state index in [1.54, 1.807) is 18.3 Å². The van der Waals surface area contributed by atoms with Crippen molar-refractivity contribution in [2.75, 3.05) is 6.54 Å². The van der Waals surface area contributed by atoms with Crippen LogP contribution in [0.3, 0.4) is 0 Å². The van der Waals surface area contributed by atoms with E-state index in [9.17, 15) is 4.39 Å². The Balaban J connectivity index is 2.15. The Hall–Kier alpha value is -1.39. The molecule has 3 nitrogen and oxygen atoms in total. The van der Waals surface area contributed by atoms with Gasteiger partial charge in [0.2, 0.25) is 0 Å². The van der Waals surface area contributed by atoms with Crippen molar-refractivity contribution >= 4 is 11.6 Å². The summed E-state index contributed by atoms with van der Waals surface area (Å²) in [6, 6.07) is 4.91. The van der Waals surface area contributed by atoms with Gasteiger partial charge in [-0.1, -0.05) is 24.6 Å². The molecule has 1 aromatic carbocycles. The fraction of sp³-hybridized carbons (Fsp3) is 0.400. The Morgan fingerprint density at radius 2 is 2.20 bits per heavy atom.